The summed E-state index contributed by atoms with van der Waals surface area (Å²) in [6, 6.07) is 10.0. The zero-order valence-corrected chi connectivity index (χ0v) is 11.9. The Labute approximate surface area is 125 Å². The molecule has 0 atom stereocenters. The molecule has 0 aromatic heterocycles. The third kappa shape index (κ3) is 25.6. The predicted octanol–water partition coefficient (Wildman–Crippen LogP) is 2.57. The second kappa shape index (κ2) is 29.5. The molecule has 0 aliphatic carbocycles. The molecule has 5 heteroatoms. The Kier molecular flexibility index (Phi) is 62.4. The zero-order chi connectivity index (χ0) is 9.23. The molecule has 0 aliphatic heterocycles. The Morgan fingerprint density at radius 3 is 1.24 bits per heavy atom. The first-order valence-corrected chi connectivity index (χ1v) is 3.76. The van der Waals surface area contributed by atoms with E-state index in [0.29, 0.717) is 0 Å². The topological polar surface area (TPSA) is 85.5 Å². The summed E-state index contributed by atoms with van der Waals surface area (Å²) < 4.78 is 0. The van der Waals surface area contributed by atoms with Crippen molar-refractivity contribution in [2.45, 2.75) is 0 Å². The van der Waals surface area contributed by atoms with Crippen LogP contribution in [0.25, 0.3) is 6.08 Å². The Morgan fingerprint density at radius 2 is 1.06 bits per heavy atom. The monoisotopic (exact) mass is 260 g/mol. The molecule has 0 aliphatic rings. The molecular formula is C12H14Al2O3. The normalized spacial score (nSPS) is 5.18. The van der Waals surface area contributed by atoms with Crippen molar-refractivity contribution in [2.24, 2.45) is 0 Å². The van der Waals surface area contributed by atoms with E-state index < -0.39 is 0 Å². The third-order valence-corrected chi connectivity index (χ3v) is 1.20. The van der Waals surface area contributed by atoms with Gasteiger partial charge in [0.05, 0.1) is 0 Å². The van der Waals surface area contributed by atoms with Gasteiger partial charge in [-0.2, -0.15) is 0 Å². The van der Waals surface area contributed by atoms with Crippen LogP contribution in [0.5, 0.6) is 0 Å². The maximum atomic E-state index is 3.63. The first-order valence-electron chi connectivity index (χ1n) is 3.76. The molecular weight excluding hydrogens is 246 g/mol. The maximum Gasteiger partial charge on any atom is 3.00 e. The Hall–Kier alpha value is -0.615. The Bertz CT molecular complexity index is 245. The number of allylic oxidation sites excluding steroid dienone is 2. The summed E-state index contributed by atoms with van der Waals surface area (Å²) in [7, 11) is 0. The van der Waals surface area contributed by atoms with Crippen LogP contribution in [0.3, 0.4) is 0 Å². The van der Waals surface area contributed by atoms with E-state index in [1.807, 2.05) is 36.4 Å². The summed E-state index contributed by atoms with van der Waals surface area (Å²) in [5.74, 6) is 0. The smallest absolute Gasteiger partial charge is 2.00 e. The third-order valence-electron chi connectivity index (χ3n) is 1.20. The van der Waals surface area contributed by atoms with E-state index in [1.165, 1.54) is 5.56 Å². The molecule has 0 bridgehead atoms. The van der Waals surface area contributed by atoms with Gasteiger partial charge in [0.25, 0.3) is 0 Å². The van der Waals surface area contributed by atoms with Gasteiger partial charge in [-0.05, 0) is 5.56 Å². The van der Waals surface area contributed by atoms with Gasteiger partial charge in [0.15, 0.2) is 0 Å². The SMILES string of the molecule is C=CC=C.C=Cc1ccccc1.[Al+3].[Al+3].[O-2].[O-2].[O-2]. The molecule has 1 aromatic carbocycles. The van der Waals surface area contributed by atoms with Gasteiger partial charge in [-0.25, -0.2) is 0 Å². The molecule has 0 saturated heterocycles. The average molecular weight is 260 g/mol. The molecule has 0 radical (unpaired) electrons. The van der Waals surface area contributed by atoms with Gasteiger partial charge in [-0.15, -0.1) is 0 Å². The number of rotatable bonds is 2. The molecule has 1 aromatic rings. The van der Waals surface area contributed by atoms with Crippen molar-refractivity contribution in [1.82, 2.24) is 0 Å². The number of hydrogen-bond acceptors (Lipinski definition) is 0. The van der Waals surface area contributed by atoms with Crippen LogP contribution in [0, 0.1) is 0 Å². The van der Waals surface area contributed by atoms with Crippen molar-refractivity contribution < 1.29 is 16.4 Å². The van der Waals surface area contributed by atoms with Crippen LogP contribution in [-0.2, 0) is 16.4 Å². The van der Waals surface area contributed by atoms with Gasteiger partial charge in [-0.3, -0.25) is 0 Å². The summed E-state index contributed by atoms with van der Waals surface area (Å²) in [5.41, 5.74) is 1.17. The molecule has 1 rings (SSSR count). The fourth-order valence-electron chi connectivity index (χ4n) is 0.589. The molecule has 0 saturated carbocycles. The number of benzene rings is 1. The van der Waals surface area contributed by atoms with Gasteiger partial charge in [0.2, 0.25) is 0 Å². The average Bonchev–Trinajstić information content (AvgIpc) is 2.19. The van der Waals surface area contributed by atoms with Crippen LogP contribution in [0.4, 0.5) is 0 Å². The van der Waals surface area contributed by atoms with Crippen molar-refractivity contribution in [3.63, 3.8) is 0 Å². The molecule has 0 spiro atoms. The van der Waals surface area contributed by atoms with Gasteiger partial charge in [0, 0.05) is 0 Å². The van der Waals surface area contributed by atoms with E-state index in [4.69, 9.17) is 0 Å². The summed E-state index contributed by atoms with van der Waals surface area (Å²) in [5, 5.41) is 0. The summed E-state index contributed by atoms with van der Waals surface area (Å²) in [6.07, 6.45) is 5.11. The van der Waals surface area contributed by atoms with Crippen LogP contribution < -0.4 is 0 Å². The molecule has 0 heterocycles. The van der Waals surface area contributed by atoms with Crippen LogP contribution >= 0.6 is 0 Å². The van der Waals surface area contributed by atoms with E-state index >= 15 is 0 Å². The summed E-state index contributed by atoms with van der Waals surface area (Å²) in [6.45, 7) is 10.4. The van der Waals surface area contributed by atoms with Crippen LogP contribution in [-0.4, -0.2) is 34.7 Å². The Morgan fingerprint density at radius 1 is 0.706 bits per heavy atom. The van der Waals surface area contributed by atoms with Crippen molar-refractivity contribution >= 4 is 40.8 Å². The summed E-state index contributed by atoms with van der Waals surface area (Å²) >= 11 is 0. The largest absolute Gasteiger partial charge is 3.00 e. The Balaban J connectivity index is -0.0000000308. The predicted molar refractivity (Wildman–Crippen MR) is 70.5 cm³/mol. The van der Waals surface area contributed by atoms with Crippen molar-refractivity contribution in [3.8, 4) is 0 Å². The van der Waals surface area contributed by atoms with E-state index in [0.717, 1.165) is 0 Å². The fraction of sp³-hybridized carbons (Fsp3) is 0. The van der Waals surface area contributed by atoms with Crippen molar-refractivity contribution in [1.29, 1.82) is 0 Å². The van der Waals surface area contributed by atoms with E-state index in [9.17, 15) is 0 Å². The first-order chi connectivity index (χ1) is 5.85. The second-order valence-electron chi connectivity index (χ2n) is 2.09. The quantitative estimate of drug-likeness (QED) is 0.578. The van der Waals surface area contributed by atoms with E-state index in [1.54, 1.807) is 12.2 Å². The molecule has 86 valence electrons. The molecule has 0 N–H and O–H groups in total. The minimum absolute atomic E-state index is 0. The molecule has 17 heavy (non-hydrogen) atoms. The molecule has 0 amide bonds. The second-order valence-corrected chi connectivity index (χ2v) is 2.09. The number of hydrogen-bond donors (Lipinski definition) is 0. The fourth-order valence-corrected chi connectivity index (χ4v) is 0.589. The molecule has 0 unspecified atom stereocenters. The van der Waals surface area contributed by atoms with Crippen molar-refractivity contribution in [2.75, 3.05) is 0 Å². The maximum absolute atomic E-state index is 3.63. The standard InChI is InChI=1S/C8H8.C4H6.2Al.3O/c1-2-8-6-4-3-5-7-8;1-3-4-2;;;;;/h2-7H,1H2;3-4H,1-2H2;;;;;/q;;2*+3;3*-2. The zero-order valence-electron chi connectivity index (χ0n) is 9.62. The van der Waals surface area contributed by atoms with Crippen LogP contribution in [0.15, 0.2) is 62.2 Å². The minimum atomic E-state index is 0. The van der Waals surface area contributed by atoms with Crippen molar-refractivity contribution in [3.05, 3.63) is 67.8 Å². The summed E-state index contributed by atoms with van der Waals surface area (Å²) in [4.78, 5) is 0. The van der Waals surface area contributed by atoms with E-state index in [2.05, 4.69) is 19.7 Å². The first kappa shape index (κ1) is 36.0. The molecule has 3 nitrogen and oxygen atoms in total. The molecule has 0 fully saturated rings. The van der Waals surface area contributed by atoms with Crippen LogP contribution in [0.2, 0.25) is 0 Å². The van der Waals surface area contributed by atoms with E-state index in [-0.39, 0.29) is 51.2 Å². The van der Waals surface area contributed by atoms with Crippen LogP contribution in [0.1, 0.15) is 5.56 Å². The van der Waals surface area contributed by atoms with Gasteiger partial charge < -0.3 is 16.4 Å². The van der Waals surface area contributed by atoms with Gasteiger partial charge in [0.1, 0.15) is 0 Å². The van der Waals surface area contributed by atoms with Gasteiger partial charge in [-0.1, -0.05) is 68.3 Å². The van der Waals surface area contributed by atoms with Gasteiger partial charge >= 0.3 is 34.7 Å². The minimum Gasteiger partial charge on any atom is -2.00 e.